The first-order valence-electron chi connectivity index (χ1n) is 9.60. The molecule has 0 spiro atoms. The van der Waals surface area contributed by atoms with Crippen molar-refractivity contribution in [3.05, 3.63) is 35.9 Å². The fraction of sp³-hybridized carbons (Fsp3) is 0.550. The Balaban J connectivity index is 1.56. The first-order valence-corrected chi connectivity index (χ1v) is 9.60. The zero-order valence-electron chi connectivity index (χ0n) is 16.0. The van der Waals surface area contributed by atoms with Crippen LogP contribution in [-0.4, -0.2) is 54.6 Å². The molecule has 0 bridgehead atoms. The maximum atomic E-state index is 12.8. The molecule has 3 unspecified atom stereocenters. The van der Waals surface area contributed by atoms with Crippen molar-refractivity contribution in [2.75, 3.05) is 13.7 Å². The highest BCUT2D eigenvalue weighted by molar-refractivity contribution is 5.88. The summed E-state index contributed by atoms with van der Waals surface area (Å²) in [6.07, 6.45) is 1.75. The van der Waals surface area contributed by atoms with E-state index in [-0.39, 0.29) is 30.6 Å². The second kappa shape index (κ2) is 9.05. The van der Waals surface area contributed by atoms with Gasteiger partial charge in [0.15, 0.2) is 0 Å². The molecule has 1 aliphatic heterocycles. The summed E-state index contributed by atoms with van der Waals surface area (Å²) < 4.78 is 10.1. The van der Waals surface area contributed by atoms with Gasteiger partial charge in [0.2, 0.25) is 5.91 Å². The van der Waals surface area contributed by atoms with Crippen LogP contribution in [0, 0.1) is 5.92 Å². The lowest BCUT2D eigenvalue weighted by atomic mass is 9.81. The Morgan fingerprint density at radius 1 is 1.21 bits per heavy atom. The topological polar surface area (TPSA) is 111 Å². The molecule has 0 radical (unpaired) electrons. The predicted molar refractivity (Wildman–Crippen MR) is 101 cm³/mol. The molecule has 152 valence electrons. The number of hydrogen-bond donors (Lipinski definition) is 2. The lowest BCUT2D eigenvalue weighted by Gasteiger charge is -2.38. The van der Waals surface area contributed by atoms with Gasteiger partial charge >= 0.3 is 12.1 Å². The van der Waals surface area contributed by atoms with Crippen molar-refractivity contribution in [1.82, 2.24) is 10.2 Å². The van der Waals surface area contributed by atoms with Crippen LogP contribution in [0.3, 0.4) is 0 Å². The largest absolute Gasteiger partial charge is 0.469 e. The Morgan fingerprint density at radius 3 is 2.68 bits per heavy atom. The van der Waals surface area contributed by atoms with Crippen LogP contribution < -0.4 is 11.1 Å². The summed E-state index contributed by atoms with van der Waals surface area (Å²) >= 11 is 0. The second-order valence-corrected chi connectivity index (χ2v) is 7.35. The molecular formula is C20H27N3O5. The van der Waals surface area contributed by atoms with Crippen molar-refractivity contribution in [2.24, 2.45) is 11.7 Å². The van der Waals surface area contributed by atoms with Crippen molar-refractivity contribution < 1.29 is 23.9 Å². The van der Waals surface area contributed by atoms with E-state index < -0.39 is 18.1 Å². The number of likely N-dealkylation sites (tertiary alicyclic amines) is 1. The van der Waals surface area contributed by atoms with E-state index in [1.807, 2.05) is 30.3 Å². The molecule has 0 aromatic heterocycles. The Labute approximate surface area is 164 Å². The average molecular weight is 389 g/mol. The van der Waals surface area contributed by atoms with E-state index in [9.17, 15) is 14.4 Å². The van der Waals surface area contributed by atoms with Gasteiger partial charge in [-0.2, -0.15) is 0 Å². The lowest BCUT2D eigenvalue weighted by molar-refractivity contribution is -0.151. The van der Waals surface area contributed by atoms with Gasteiger partial charge in [-0.3, -0.25) is 9.59 Å². The summed E-state index contributed by atoms with van der Waals surface area (Å²) in [4.78, 5) is 38.7. The number of nitrogens with one attached hydrogen (secondary N) is 1. The lowest BCUT2D eigenvalue weighted by Crippen LogP contribution is -2.52. The van der Waals surface area contributed by atoms with Gasteiger partial charge in [-0.05, 0) is 31.2 Å². The van der Waals surface area contributed by atoms with Gasteiger partial charge in [0.1, 0.15) is 12.6 Å². The summed E-state index contributed by atoms with van der Waals surface area (Å²) in [7, 11) is 1.35. The molecule has 1 heterocycles. The van der Waals surface area contributed by atoms with Crippen LogP contribution in [0.25, 0.3) is 0 Å². The van der Waals surface area contributed by atoms with E-state index >= 15 is 0 Å². The molecule has 4 atom stereocenters. The highest BCUT2D eigenvalue weighted by Crippen LogP contribution is 2.31. The quantitative estimate of drug-likeness (QED) is 0.732. The van der Waals surface area contributed by atoms with Crippen LogP contribution in [0.2, 0.25) is 0 Å². The van der Waals surface area contributed by atoms with Crippen LogP contribution >= 0.6 is 0 Å². The highest BCUT2D eigenvalue weighted by atomic mass is 16.5. The Hall–Kier alpha value is -2.61. The monoisotopic (exact) mass is 389 g/mol. The smallest absolute Gasteiger partial charge is 0.408 e. The number of benzene rings is 1. The predicted octanol–water partition coefficient (Wildman–Crippen LogP) is 1.18. The van der Waals surface area contributed by atoms with Crippen LogP contribution in [0.1, 0.15) is 31.2 Å². The van der Waals surface area contributed by atoms with Gasteiger partial charge in [-0.15, -0.1) is 0 Å². The Morgan fingerprint density at radius 2 is 1.96 bits per heavy atom. The second-order valence-electron chi connectivity index (χ2n) is 7.35. The summed E-state index contributed by atoms with van der Waals surface area (Å²) in [5.41, 5.74) is 6.87. The number of ether oxygens (including phenoxy) is 2. The Bertz CT molecular complexity index is 711. The molecule has 8 heteroatoms. The average Bonchev–Trinajstić information content (AvgIpc) is 3.06. The van der Waals surface area contributed by atoms with E-state index in [4.69, 9.17) is 15.2 Å². The van der Waals surface area contributed by atoms with Crippen LogP contribution in [0.5, 0.6) is 0 Å². The first-order chi connectivity index (χ1) is 13.5. The zero-order chi connectivity index (χ0) is 20.1. The van der Waals surface area contributed by atoms with Gasteiger partial charge in [-0.1, -0.05) is 30.3 Å². The van der Waals surface area contributed by atoms with Crippen LogP contribution in [0.4, 0.5) is 4.79 Å². The number of rotatable bonds is 5. The molecule has 3 rings (SSSR count). The molecule has 3 N–H and O–H groups in total. The fourth-order valence-corrected chi connectivity index (χ4v) is 4.04. The van der Waals surface area contributed by atoms with Crippen LogP contribution in [-0.2, 0) is 25.7 Å². The first kappa shape index (κ1) is 20.1. The third kappa shape index (κ3) is 4.62. The number of amides is 2. The molecule has 1 saturated carbocycles. The molecule has 1 saturated heterocycles. The van der Waals surface area contributed by atoms with Crippen molar-refractivity contribution in [3.63, 3.8) is 0 Å². The van der Waals surface area contributed by atoms with Crippen molar-refractivity contribution in [3.8, 4) is 0 Å². The zero-order valence-corrected chi connectivity index (χ0v) is 16.0. The number of carbonyl (C=O) groups is 3. The Kier molecular flexibility index (Phi) is 6.51. The third-order valence-corrected chi connectivity index (χ3v) is 5.50. The standard InChI is InChI=1S/C20H27N3O5/c1-27-19(25)15-11-14(21)7-8-17(15)23-10-9-16(18(23)24)22-20(26)28-12-13-5-3-2-4-6-13/h2-6,14-17H,7-12,21H2,1H3,(H,22,26)/t14?,15?,16-,17?/m0/s1. The van der Waals surface area contributed by atoms with Gasteiger partial charge in [0.05, 0.1) is 13.0 Å². The highest BCUT2D eigenvalue weighted by Gasteiger charge is 2.44. The summed E-state index contributed by atoms with van der Waals surface area (Å²) in [5, 5.41) is 2.64. The third-order valence-electron chi connectivity index (χ3n) is 5.50. The van der Waals surface area contributed by atoms with E-state index in [1.165, 1.54) is 7.11 Å². The number of esters is 1. The fourth-order valence-electron chi connectivity index (χ4n) is 4.04. The summed E-state index contributed by atoms with van der Waals surface area (Å²) in [6.45, 7) is 0.623. The summed E-state index contributed by atoms with van der Waals surface area (Å²) in [6, 6.07) is 8.37. The minimum atomic E-state index is -0.642. The minimum Gasteiger partial charge on any atom is -0.469 e. The normalized spacial score (nSPS) is 27.4. The number of methoxy groups -OCH3 is 1. The molecule has 2 aliphatic rings. The number of nitrogens with two attached hydrogens (primary N) is 1. The molecular weight excluding hydrogens is 362 g/mol. The molecule has 2 amide bonds. The van der Waals surface area contributed by atoms with E-state index in [0.717, 1.165) is 12.0 Å². The molecule has 2 fully saturated rings. The molecule has 1 aromatic carbocycles. The molecule has 28 heavy (non-hydrogen) atoms. The summed E-state index contributed by atoms with van der Waals surface area (Å²) in [5.74, 6) is -0.959. The minimum absolute atomic E-state index is 0.0695. The van der Waals surface area contributed by atoms with Crippen molar-refractivity contribution in [2.45, 2.75) is 50.4 Å². The molecule has 1 aliphatic carbocycles. The van der Waals surface area contributed by atoms with E-state index in [1.54, 1.807) is 4.90 Å². The van der Waals surface area contributed by atoms with Gasteiger partial charge < -0.3 is 25.4 Å². The van der Waals surface area contributed by atoms with Gasteiger partial charge in [0, 0.05) is 18.6 Å². The SMILES string of the molecule is COC(=O)C1CC(N)CCC1N1CC[C@H](NC(=O)OCc2ccccc2)C1=O. The molecule has 8 nitrogen and oxygen atoms in total. The van der Waals surface area contributed by atoms with Crippen molar-refractivity contribution in [1.29, 1.82) is 0 Å². The number of alkyl carbamates (subject to hydrolysis) is 1. The van der Waals surface area contributed by atoms with Gasteiger partial charge in [-0.25, -0.2) is 4.79 Å². The van der Waals surface area contributed by atoms with Crippen LogP contribution in [0.15, 0.2) is 30.3 Å². The van der Waals surface area contributed by atoms with Gasteiger partial charge in [0.25, 0.3) is 0 Å². The number of nitrogens with zero attached hydrogens (tertiary/aromatic N) is 1. The number of carbonyl (C=O) groups excluding carboxylic acids is 3. The van der Waals surface area contributed by atoms with E-state index in [0.29, 0.717) is 25.8 Å². The van der Waals surface area contributed by atoms with E-state index in [2.05, 4.69) is 5.32 Å². The maximum absolute atomic E-state index is 12.8. The number of hydrogen-bond acceptors (Lipinski definition) is 6. The molecule has 1 aromatic rings. The van der Waals surface area contributed by atoms with Crippen molar-refractivity contribution >= 4 is 18.0 Å². The maximum Gasteiger partial charge on any atom is 0.408 e.